The number of thiophene rings is 1. The molecule has 0 bridgehead atoms. The summed E-state index contributed by atoms with van der Waals surface area (Å²) < 4.78 is 5.64. The predicted molar refractivity (Wildman–Crippen MR) is 80.6 cm³/mol. The maximum atomic E-state index is 5.64. The van der Waals surface area contributed by atoms with E-state index in [0.29, 0.717) is 6.04 Å². The van der Waals surface area contributed by atoms with Gasteiger partial charge in [0.2, 0.25) is 0 Å². The van der Waals surface area contributed by atoms with Crippen LogP contribution in [0.4, 0.5) is 0 Å². The van der Waals surface area contributed by atoms with Crippen molar-refractivity contribution < 1.29 is 4.74 Å². The standard InChI is InChI=1S/C15H27NOS/c1-6-10-16-14(15(3,4)17-5)11-13-9-8-12(7-2)18-13/h8-9,14,16H,6-7,10-11H2,1-5H3. The molecule has 1 unspecified atom stereocenters. The zero-order valence-electron chi connectivity index (χ0n) is 12.4. The van der Waals surface area contributed by atoms with E-state index < -0.39 is 0 Å². The highest BCUT2D eigenvalue weighted by Crippen LogP contribution is 2.23. The number of aryl methyl sites for hydroxylation is 1. The van der Waals surface area contributed by atoms with Crippen molar-refractivity contribution in [2.75, 3.05) is 13.7 Å². The SMILES string of the molecule is CCCNC(Cc1ccc(CC)s1)C(C)(C)OC. The zero-order valence-corrected chi connectivity index (χ0v) is 13.2. The lowest BCUT2D eigenvalue weighted by Crippen LogP contribution is -2.49. The molecule has 0 aromatic carbocycles. The molecule has 0 saturated carbocycles. The number of hydrogen-bond acceptors (Lipinski definition) is 3. The van der Waals surface area contributed by atoms with Crippen molar-refractivity contribution in [2.24, 2.45) is 0 Å². The fourth-order valence-electron chi connectivity index (χ4n) is 1.95. The quantitative estimate of drug-likeness (QED) is 0.778. The Morgan fingerprint density at radius 2 is 1.94 bits per heavy atom. The summed E-state index contributed by atoms with van der Waals surface area (Å²) in [4.78, 5) is 2.92. The second-order valence-electron chi connectivity index (χ2n) is 5.24. The van der Waals surface area contributed by atoms with Gasteiger partial charge in [0.25, 0.3) is 0 Å². The average Bonchev–Trinajstić information content (AvgIpc) is 2.82. The minimum absolute atomic E-state index is 0.133. The molecule has 0 aliphatic carbocycles. The summed E-state index contributed by atoms with van der Waals surface area (Å²) in [7, 11) is 1.80. The van der Waals surface area contributed by atoms with Gasteiger partial charge in [0.15, 0.2) is 0 Å². The molecule has 1 atom stereocenters. The molecular formula is C15H27NOS. The highest BCUT2D eigenvalue weighted by molar-refractivity contribution is 7.11. The molecule has 0 aliphatic heterocycles. The monoisotopic (exact) mass is 269 g/mol. The summed E-state index contributed by atoms with van der Waals surface area (Å²) in [5, 5.41) is 3.62. The largest absolute Gasteiger partial charge is 0.377 e. The molecule has 1 rings (SSSR count). The van der Waals surface area contributed by atoms with Crippen molar-refractivity contribution in [3.05, 3.63) is 21.9 Å². The molecule has 1 aromatic heterocycles. The van der Waals surface area contributed by atoms with Crippen LogP contribution in [0.2, 0.25) is 0 Å². The van der Waals surface area contributed by atoms with Gasteiger partial charge < -0.3 is 10.1 Å². The smallest absolute Gasteiger partial charge is 0.0778 e. The van der Waals surface area contributed by atoms with Crippen molar-refractivity contribution >= 4 is 11.3 Å². The normalized spacial score (nSPS) is 13.8. The first kappa shape index (κ1) is 15.7. The van der Waals surface area contributed by atoms with Gasteiger partial charge in [0.1, 0.15) is 0 Å². The van der Waals surface area contributed by atoms with Crippen LogP contribution in [0.15, 0.2) is 12.1 Å². The first-order valence-corrected chi connectivity index (χ1v) is 7.71. The topological polar surface area (TPSA) is 21.3 Å². The lowest BCUT2D eigenvalue weighted by atomic mass is 9.94. The Labute approximate surface area is 116 Å². The Morgan fingerprint density at radius 3 is 2.44 bits per heavy atom. The molecule has 0 spiro atoms. The number of methoxy groups -OCH3 is 1. The highest BCUT2D eigenvalue weighted by atomic mass is 32.1. The van der Waals surface area contributed by atoms with Gasteiger partial charge in [-0.3, -0.25) is 0 Å². The van der Waals surface area contributed by atoms with E-state index in [0.717, 1.165) is 25.8 Å². The van der Waals surface area contributed by atoms with Crippen LogP contribution in [0, 0.1) is 0 Å². The lowest BCUT2D eigenvalue weighted by molar-refractivity contribution is -0.00976. The van der Waals surface area contributed by atoms with Crippen LogP contribution in [-0.2, 0) is 17.6 Å². The van der Waals surface area contributed by atoms with E-state index >= 15 is 0 Å². The highest BCUT2D eigenvalue weighted by Gasteiger charge is 2.29. The third-order valence-electron chi connectivity index (χ3n) is 3.48. The maximum Gasteiger partial charge on any atom is 0.0778 e. The van der Waals surface area contributed by atoms with E-state index in [1.807, 2.05) is 11.3 Å². The van der Waals surface area contributed by atoms with Crippen LogP contribution in [0.25, 0.3) is 0 Å². The lowest BCUT2D eigenvalue weighted by Gasteiger charge is -2.33. The Bertz CT molecular complexity index is 346. The minimum atomic E-state index is -0.133. The molecule has 0 amide bonds. The number of rotatable bonds is 8. The molecular weight excluding hydrogens is 242 g/mol. The fourth-order valence-corrected chi connectivity index (χ4v) is 2.95. The molecule has 0 fully saturated rings. The number of nitrogens with one attached hydrogen (secondary N) is 1. The molecule has 3 heteroatoms. The maximum absolute atomic E-state index is 5.64. The van der Waals surface area contributed by atoms with E-state index in [1.54, 1.807) is 7.11 Å². The Balaban J connectivity index is 2.71. The summed E-state index contributed by atoms with van der Waals surface area (Å²) >= 11 is 1.93. The van der Waals surface area contributed by atoms with E-state index in [4.69, 9.17) is 4.74 Å². The molecule has 1 N–H and O–H groups in total. The van der Waals surface area contributed by atoms with Gasteiger partial charge in [0.05, 0.1) is 5.60 Å². The van der Waals surface area contributed by atoms with Gasteiger partial charge in [-0.15, -0.1) is 11.3 Å². The van der Waals surface area contributed by atoms with E-state index in [9.17, 15) is 0 Å². The molecule has 1 aromatic rings. The predicted octanol–water partition coefficient (Wildman–Crippen LogP) is 3.65. The van der Waals surface area contributed by atoms with Gasteiger partial charge in [0, 0.05) is 22.9 Å². The third kappa shape index (κ3) is 4.38. The van der Waals surface area contributed by atoms with Crippen molar-refractivity contribution in [3.8, 4) is 0 Å². The summed E-state index contributed by atoms with van der Waals surface area (Å²) in [5.74, 6) is 0. The summed E-state index contributed by atoms with van der Waals surface area (Å²) in [6, 6.07) is 4.87. The van der Waals surface area contributed by atoms with E-state index in [-0.39, 0.29) is 5.60 Å². The second-order valence-corrected chi connectivity index (χ2v) is 6.49. The molecule has 0 saturated heterocycles. The fraction of sp³-hybridized carbons (Fsp3) is 0.733. The number of ether oxygens (including phenoxy) is 1. The second kappa shape index (κ2) is 7.27. The summed E-state index contributed by atoms with van der Waals surface area (Å²) in [5.41, 5.74) is -0.133. The summed E-state index contributed by atoms with van der Waals surface area (Å²) in [6.45, 7) is 9.78. The Morgan fingerprint density at radius 1 is 1.28 bits per heavy atom. The van der Waals surface area contributed by atoms with E-state index in [1.165, 1.54) is 9.75 Å². The molecule has 0 radical (unpaired) electrons. The zero-order chi connectivity index (χ0) is 13.6. The van der Waals surface area contributed by atoms with Crippen LogP contribution in [-0.4, -0.2) is 25.3 Å². The van der Waals surface area contributed by atoms with E-state index in [2.05, 4.69) is 45.1 Å². The van der Waals surface area contributed by atoms with Crippen molar-refractivity contribution in [1.29, 1.82) is 0 Å². The average molecular weight is 269 g/mol. The van der Waals surface area contributed by atoms with Gasteiger partial charge in [-0.05, 0) is 51.8 Å². The van der Waals surface area contributed by atoms with Crippen LogP contribution in [0.1, 0.15) is 43.9 Å². The van der Waals surface area contributed by atoms with Crippen LogP contribution >= 0.6 is 11.3 Å². The van der Waals surface area contributed by atoms with Gasteiger partial charge >= 0.3 is 0 Å². The molecule has 104 valence electrons. The first-order valence-electron chi connectivity index (χ1n) is 6.89. The van der Waals surface area contributed by atoms with Gasteiger partial charge in [-0.2, -0.15) is 0 Å². The molecule has 18 heavy (non-hydrogen) atoms. The number of hydrogen-bond donors (Lipinski definition) is 1. The summed E-state index contributed by atoms with van der Waals surface area (Å²) in [6.07, 6.45) is 3.33. The Kier molecular flexibility index (Phi) is 6.33. The van der Waals surface area contributed by atoms with Crippen molar-refractivity contribution in [1.82, 2.24) is 5.32 Å². The van der Waals surface area contributed by atoms with Crippen LogP contribution in [0.3, 0.4) is 0 Å². The molecule has 2 nitrogen and oxygen atoms in total. The minimum Gasteiger partial charge on any atom is -0.377 e. The van der Waals surface area contributed by atoms with Crippen molar-refractivity contribution in [3.63, 3.8) is 0 Å². The van der Waals surface area contributed by atoms with Crippen molar-refractivity contribution in [2.45, 2.75) is 58.6 Å². The third-order valence-corrected chi connectivity index (χ3v) is 4.73. The van der Waals surface area contributed by atoms with Crippen LogP contribution in [0.5, 0.6) is 0 Å². The Hall–Kier alpha value is -0.380. The molecule has 1 heterocycles. The molecule has 0 aliphatic rings. The van der Waals surface area contributed by atoms with Gasteiger partial charge in [-0.1, -0.05) is 13.8 Å². The first-order chi connectivity index (χ1) is 8.53. The van der Waals surface area contributed by atoms with Gasteiger partial charge in [-0.25, -0.2) is 0 Å². The van der Waals surface area contributed by atoms with Crippen LogP contribution < -0.4 is 5.32 Å².